The zero-order valence-corrected chi connectivity index (χ0v) is 16.7. The van der Waals surface area contributed by atoms with E-state index in [0.717, 1.165) is 25.9 Å². The molecule has 144 valence electrons. The smallest absolute Gasteiger partial charge is 0.280 e. The summed E-state index contributed by atoms with van der Waals surface area (Å²) >= 11 is 5.85. The number of likely N-dealkylation sites (tertiary alicyclic amines) is 1. The van der Waals surface area contributed by atoms with Gasteiger partial charge in [0.1, 0.15) is 0 Å². The van der Waals surface area contributed by atoms with Crippen molar-refractivity contribution in [2.75, 3.05) is 39.3 Å². The van der Waals surface area contributed by atoms with E-state index in [9.17, 15) is 13.2 Å². The Bertz CT molecular complexity index is 725. The molecule has 0 saturated carbocycles. The van der Waals surface area contributed by atoms with Gasteiger partial charge in [0.2, 0.25) is 10.0 Å². The van der Waals surface area contributed by atoms with Crippen LogP contribution in [0.4, 0.5) is 0 Å². The number of hydrogen-bond acceptors (Lipinski definition) is 3. The molecule has 8 heteroatoms. The second-order valence-corrected chi connectivity index (χ2v) is 9.50. The highest BCUT2D eigenvalue weighted by atomic mass is 35.5. The summed E-state index contributed by atoms with van der Waals surface area (Å²) < 4.78 is 27.0. The van der Waals surface area contributed by atoms with E-state index < -0.39 is 10.0 Å². The molecule has 1 aromatic rings. The molecule has 26 heavy (non-hydrogen) atoms. The first-order valence-electron chi connectivity index (χ1n) is 9.28. The number of amides is 1. The monoisotopic (exact) mass is 400 g/mol. The Morgan fingerprint density at radius 3 is 2.19 bits per heavy atom. The van der Waals surface area contributed by atoms with Crippen molar-refractivity contribution < 1.29 is 18.1 Å². The Kier molecular flexibility index (Phi) is 6.22. The van der Waals surface area contributed by atoms with Crippen LogP contribution >= 0.6 is 11.6 Å². The summed E-state index contributed by atoms with van der Waals surface area (Å²) in [4.78, 5) is 16.1. The van der Waals surface area contributed by atoms with Crippen LogP contribution in [0.1, 0.15) is 26.2 Å². The predicted molar refractivity (Wildman–Crippen MR) is 101 cm³/mol. The lowest BCUT2D eigenvalue weighted by molar-refractivity contribution is -0.918. The van der Waals surface area contributed by atoms with E-state index in [0.29, 0.717) is 31.2 Å². The molecule has 1 N–H and O–H groups in total. The van der Waals surface area contributed by atoms with Gasteiger partial charge in [-0.25, -0.2) is 8.42 Å². The van der Waals surface area contributed by atoms with Crippen molar-refractivity contribution in [3.05, 3.63) is 29.3 Å². The van der Waals surface area contributed by atoms with Gasteiger partial charge < -0.3 is 9.80 Å². The van der Waals surface area contributed by atoms with Crippen molar-refractivity contribution in [3.63, 3.8) is 0 Å². The number of piperidine rings is 1. The van der Waals surface area contributed by atoms with Crippen LogP contribution < -0.4 is 4.90 Å². The van der Waals surface area contributed by atoms with Gasteiger partial charge in [0.25, 0.3) is 5.91 Å². The van der Waals surface area contributed by atoms with Crippen LogP contribution in [-0.4, -0.2) is 68.8 Å². The summed E-state index contributed by atoms with van der Waals surface area (Å²) in [5.41, 5.74) is 0. The first-order valence-corrected chi connectivity index (χ1v) is 11.1. The van der Waals surface area contributed by atoms with Crippen LogP contribution in [0.2, 0.25) is 5.02 Å². The van der Waals surface area contributed by atoms with E-state index in [1.807, 2.05) is 11.8 Å². The lowest BCUT2D eigenvalue weighted by Crippen LogP contribution is -3.19. The first kappa shape index (κ1) is 19.6. The van der Waals surface area contributed by atoms with Gasteiger partial charge >= 0.3 is 0 Å². The molecule has 0 spiro atoms. The standard InChI is InChI=1S/C18H26ClN3O3S/c1-15(18(23)21-9-3-2-4-10-21)20-11-13-22(14-12-20)26(24,25)17-7-5-16(19)6-8-17/h5-8,15H,2-4,9-14H2,1H3/p+1/t15-/m0/s1. The topological polar surface area (TPSA) is 62.1 Å². The van der Waals surface area contributed by atoms with E-state index in [2.05, 4.69) is 0 Å². The minimum absolute atomic E-state index is 0.117. The maximum Gasteiger partial charge on any atom is 0.280 e. The van der Waals surface area contributed by atoms with Gasteiger partial charge in [-0.3, -0.25) is 4.79 Å². The van der Waals surface area contributed by atoms with Crippen LogP contribution in [0.15, 0.2) is 29.2 Å². The molecule has 2 fully saturated rings. The van der Waals surface area contributed by atoms with Crippen molar-refractivity contribution in [2.45, 2.75) is 37.1 Å². The van der Waals surface area contributed by atoms with Gasteiger partial charge in [-0.15, -0.1) is 0 Å². The third kappa shape index (κ3) is 4.22. The number of hydrogen-bond donors (Lipinski definition) is 1. The summed E-state index contributed by atoms with van der Waals surface area (Å²) in [7, 11) is -3.50. The Balaban J connectivity index is 1.59. The van der Waals surface area contributed by atoms with Crippen molar-refractivity contribution in [3.8, 4) is 0 Å². The first-order chi connectivity index (χ1) is 12.4. The maximum absolute atomic E-state index is 12.8. The summed E-state index contributed by atoms with van der Waals surface area (Å²) in [5.74, 6) is 0.203. The zero-order valence-electron chi connectivity index (χ0n) is 15.2. The third-order valence-corrected chi connectivity index (χ3v) is 7.63. The molecule has 6 nitrogen and oxygen atoms in total. The van der Waals surface area contributed by atoms with Gasteiger partial charge in [0.05, 0.1) is 31.1 Å². The fraction of sp³-hybridized carbons (Fsp3) is 0.611. The molecule has 0 aliphatic carbocycles. The normalized spacial score (nSPS) is 21.5. The molecular weight excluding hydrogens is 374 g/mol. The van der Waals surface area contributed by atoms with E-state index in [1.165, 1.54) is 15.6 Å². The number of nitrogens with zero attached hydrogens (tertiary/aromatic N) is 2. The Labute approximate surface area is 160 Å². The average molecular weight is 401 g/mol. The molecule has 3 rings (SSSR count). The Hall–Kier alpha value is -1.15. The lowest BCUT2D eigenvalue weighted by atomic mass is 10.1. The van der Waals surface area contributed by atoms with E-state index in [4.69, 9.17) is 11.6 Å². The number of quaternary nitrogens is 1. The van der Waals surface area contributed by atoms with Crippen molar-refractivity contribution in [1.29, 1.82) is 0 Å². The number of benzene rings is 1. The highest BCUT2D eigenvalue weighted by Gasteiger charge is 2.36. The molecule has 2 heterocycles. The minimum atomic E-state index is -3.50. The summed E-state index contributed by atoms with van der Waals surface area (Å²) in [5, 5.41) is 0.517. The largest absolute Gasteiger partial charge is 0.338 e. The maximum atomic E-state index is 12.8. The summed E-state index contributed by atoms with van der Waals surface area (Å²) in [6, 6.07) is 6.15. The van der Waals surface area contributed by atoms with Gasteiger partial charge in [-0.2, -0.15) is 4.31 Å². The summed E-state index contributed by atoms with van der Waals surface area (Å²) in [6.45, 7) is 5.83. The summed E-state index contributed by atoms with van der Waals surface area (Å²) in [6.07, 6.45) is 3.37. The van der Waals surface area contributed by atoms with Gasteiger partial charge in [0, 0.05) is 18.1 Å². The number of sulfonamides is 1. The van der Waals surface area contributed by atoms with E-state index in [1.54, 1.807) is 24.3 Å². The highest BCUT2D eigenvalue weighted by molar-refractivity contribution is 7.89. The highest BCUT2D eigenvalue weighted by Crippen LogP contribution is 2.18. The number of carbonyl (C=O) groups excluding carboxylic acids is 1. The van der Waals surface area contributed by atoms with Gasteiger partial charge in [0.15, 0.2) is 6.04 Å². The fourth-order valence-corrected chi connectivity index (χ4v) is 5.33. The molecule has 1 atom stereocenters. The molecule has 1 amide bonds. The van der Waals surface area contributed by atoms with Crippen molar-refractivity contribution in [1.82, 2.24) is 9.21 Å². The molecular formula is C18H27ClN3O3S+. The Morgan fingerprint density at radius 2 is 1.62 bits per heavy atom. The van der Waals surface area contributed by atoms with Crippen LogP contribution in [0.5, 0.6) is 0 Å². The fourth-order valence-electron chi connectivity index (χ4n) is 3.77. The number of piperazine rings is 1. The van der Waals surface area contributed by atoms with E-state index >= 15 is 0 Å². The Morgan fingerprint density at radius 1 is 1.04 bits per heavy atom. The van der Waals surface area contributed by atoms with Crippen molar-refractivity contribution in [2.24, 2.45) is 0 Å². The van der Waals surface area contributed by atoms with Gasteiger partial charge in [-0.1, -0.05) is 11.6 Å². The van der Waals surface area contributed by atoms with Crippen LogP contribution in [0.3, 0.4) is 0 Å². The molecule has 2 aliphatic heterocycles. The zero-order chi connectivity index (χ0) is 18.7. The number of nitrogens with one attached hydrogen (secondary N) is 1. The molecule has 2 saturated heterocycles. The third-order valence-electron chi connectivity index (χ3n) is 5.47. The van der Waals surface area contributed by atoms with E-state index in [-0.39, 0.29) is 16.8 Å². The number of halogens is 1. The average Bonchev–Trinajstić information content (AvgIpc) is 2.68. The molecule has 2 aliphatic rings. The molecule has 0 unspecified atom stereocenters. The SMILES string of the molecule is C[C@@H](C(=O)N1CCCCC1)[NH+]1CCN(S(=O)(=O)c2ccc(Cl)cc2)CC1. The van der Waals surface area contributed by atoms with Crippen LogP contribution in [-0.2, 0) is 14.8 Å². The lowest BCUT2D eigenvalue weighted by Gasteiger charge is -2.36. The molecule has 0 aromatic heterocycles. The number of carbonyl (C=O) groups is 1. The quantitative estimate of drug-likeness (QED) is 0.806. The molecule has 0 bridgehead atoms. The molecule has 0 radical (unpaired) electrons. The van der Waals surface area contributed by atoms with Crippen molar-refractivity contribution >= 4 is 27.5 Å². The minimum Gasteiger partial charge on any atom is -0.338 e. The second kappa shape index (κ2) is 8.25. The second-order valence-electron chi connectivity index (χ2n) is 7.12. The van der Waals surface area contributed by atoms with Gasteiger partial charge in [-0.05, 0) is 50.5 Å². The van der Waals surface area contributed by atoms with Crippen LogP contribution in [0.25, 0.3) is 0 Å². The van der Waals surface area contributed by atoms with Crippen LogP contribution in [0, 0.1) is 0 Å². The number of rotatable bonds is 4. The molecule has 1 aromatic carbocycles. The predicted octanol–water partition coefficient (Wildman–Crippen LogP) is 0.630.